The summed E-state index contributed by atoms with van der Waals surface area (Å²) in [7, 11) is 3.15. The van der Waals surface area contributed by atoms with Crippen LogP contribution in [0.5, 0.6) is 17.2 Å². The summed E-state index contributed by atoms with van der Waals surface area (Å²) in [6, 6.07) is 21.6. The van der Waals surface area contributed by atoms with Crippen LogP contribution in [-0.2, 0) is 0 Å². The zero-order valence-electron chi connectivity index (χ0n) is 19.1. The molecule has 0 amide bonds. The van der Waals surface area contributed by atoms with Gasteiger partial charge in [-0.05, 0) is 54.1 Å². The van der Waals surface area contributed by atoms with E-state index in [9.17, 15) is 15.2 Å². The standard InChI is InChI=1S/C27H22N4O4/c1-34-23-12-9-17(13-24(23)35-2)22-14-21(30-31(22)18-10-7-16(15-28)8-11-18)25-26(32)19-5-3-4-6-20(19)29-27(25)33/h3-13,22H,14H2,1-2H3,(H2,29,32,33). The van der Waals surface area contributed by atoms with Crippen molar-refractivity contribution in [3.63, 3.8) is 0 Å². The third kappa shape index (κ3) is 3.83. The molecule has 4 aromatic rings. The van der Waals surface area contributed by atoms with Crippen molar-refractivity contribution in [1.82, 2.24) is 4.98 Å². The Labute approximate surface area is 201 Å². The van der Waals surface area contributed by atoms with E-state index in [1.54, 1.807) is 55.6 Å². The van der Waals surface area contributed by atoms with Crippen LogP contribution < -0.4 is 20.0 Å². The van der Waals surface area contributed by atoms with Gasteiger partial charge in [-0.15, -0.1) is 0 Å². The van der Waals surface area contributed by atoms with Gasteiger partial charge >= 0.3 is 0 Å². The fourth-order valence-electron chi connectivity index (χ4n) is 4.40. The third-order valence-corrected chi connectivity index (χ3v) is 6.15. The summed E-state index contributed by atoms with van der Waals surface area (Å²) >= 11 is 0. The first-order valence-electron chi connectivity index (χ1n) is 11.0. The lowest BCUT2D eigenvalue weighted by Crippen LogP contribution is -2.19. The van der Waals surface area contributed by atoms with E-state index in [1.165, 1.54) is 0 Å². The van der Waals surface area contributed by atoms with Crippen LogP contribution in [0.3, 0.4) is 0 Å². The van der Waals surface area contributed by atoms with Gasteiger partial charge in [0.1, 0.15) is 11.3 Å². The molecule has 0 fully saturated rings. The lowest BCUT2D eigenvalue weighted by Gasteiger charge is -2.24. The Morgan fingerprint density at radius 1 is 1.06 bits per heavy atom. The molecule has 5 rings (SSSR count). The van der Waals surface area contributed by atoms with Gasteiger partial charge in [-0.25, -0.2) is 0 Å². The van der Waals surface area contributed by atoms with Crippen LogP contribution in [-0.4, -0.2) is 30.0 Å². The van der Waals surface area contributed by atoms with E-state index in [1.807, 2.05) is 30.3 Å². The highest BCUT2D eigenvalue weighted by Crippen LogP contribution is 2.40. The summed E-state index contributed by atoms with van der Waals surface area (Å²) in [5.74, 6) is 1.07. The molecule has 1 unspecified atom stereocenters. The minimum absolute atomic E-state index is 0.101. The first kappa shape index (κ1) is 22.0. The fraction of sp³-hybridized carbons (Fsp3) is 0.148. The van der Waals surface area contributed by atoms with E-state index >= 15 is 0 Å². The van der Waals surface area contributed by atoms with E-state index in [4.69, 9.17) is 14.6 Å². The van der Waals surface area contributed by atoms with Crippen LogP contribution in [0.1, 0.15) is 29.2 Å². The molecule has 8 heteroatoms. The Kier molecular flexibility index (Phi) is 5.59. The van der Waals surface area contributed by atoms with Crippen LogP contribution in [0, 0.1) is 11.3 Å². The molecular weight excluding hydrogens is 444 g/mol. The van der Waals surface area contributed by atoms with Crippen LogP contribution in [0.15, 0.2) is 76.6 Å². The maximum atomic E-state index is 13.0. The average molecular weight is 466 g/mol. The zero-order chi connectivity index (χ0) is 24.5. The first-order chi connectivity index (χ1) is 17.0. The summed E-state index contributed by atoms with van der Waals surface area (Å²) in [6.07, 6.45) is 0.366. The molecule has 0 aliphatic carbocycles. The maximum absolute atomic E-state index is 13.0. The van der Waals surface area contributed by atoms with Gasteiger partial charge in [0.05, 0.1) is 48.8 Å². The Balaban J connectivity index is 1.65. The number of aromatic hydroxyl groups is 1. The number of H-pyrrole nitrogens is 1. The summed E-state index contributed by atoms with van der Waals surface area (Å²) in [6.45, 7) is 0. The number of nitriles is 1. The molecule has 174 valence electrons. The predicted octanol–water partition coefficient (Wildman–Crippen LogP) is 4.48. The predicted molar refractivity (Wildman–Crippen MR) is 133 cm³/mol. The average Bonchev–Trinajstić information content (AvgIpc) is 3.33. The number of anilines is 1. The molecule has 0 saturated carbocycles. The molecule has 35 heavy (non-hydrogen) atoms. The van der Waals surface area contributed by atoms with E-state index in [2.05, 4.69) is 11.1 Å². The molecule has 2 N–H and O–H groups in total. The first-order valence-corrected chi connectivity index (χ1v) is 11.0. The number of methoxy groups -OCH3 is 2. The van der Waals surface area contributed by atoms with Crippen LogP contribution in [0.25, 0.3) is 10.9 Å². The quantitative estimate of drug-likeness (QED) is 0.449. The molecule has 1 aliphatic heterocycles. The molecule has 0 saturated heterocycles. The van der Waals surface area contributed by atoms with Crippen LogP contribution in [0.4, 0.5) is 5.69 Å². The van der Waals surface area contributed by atoms with Crippen LogP contribution in [0.2, 0.25) is 0 Å². The molecule has 0 bridgehead atoms. The summed E-state index contributed by atoms with van der Waals surface area (Å²) < 4.78 is 10.9. The van der Waals surface area contributed by atoms with Gasteiger partial charge in [-0.1, -0.05) is 18.2 Å². The van der Waals surface area contributed by atoms with Gasteiger partial charge in [0, 0.05) is 11.8 Å². The number of rotatable bonds is 5. The van der Waals surface area contributed by atoms with Crippen molar-refractivity contribution < 1.29 is 14.6 Å². The summed E-state index contributed by atoms with van der Waals surface area (Å²) in [4.78, 5) is 15.9. The van der Waals surface area contributed by atoms with E-state index in [-0.39, 0.29) is 17.4 Å². The monoisotopic (exact) mass is 466 g/mol. The summed E-state index contributed by atoms with van der Waals surface area (Å²) in [5.41, 5.74) is 2.91. The second-order valence-corrected chi connectivity index (χ2v) is 8.11. The van der Waals surface area contributed by atoms with E-state index < -0.39 is 5.56 Å². The molecule has 1 atom stereocenters. The summed E-state index contributed by atoms with van der Waals surface area (Å²) in [5, 5.41) is 27.3. The number of hydrogen-bond donors (Lipinski definition) is 2. The lowest BCUT2D eigenvalue weighted by molar-refractivity contribution is 0.354. The maximum Gasteiger partial charge on any atom is 0.261 e. The van der Waals surface area contributed by atoms with Gasteiger partial charge in [-0.2, -0.15) is 10.4 Å². The topological polar surface area (TPSA) is 111 Å². The number of ether oxygens (including phenoxy) is 2. The number of hydrogen-bond acceptors (Lipinski definition) is 7. The van der Waals surface area contributed by atoms with Crippen molar-refractivity contribution in [3.05, 3.63) is 93.8 Å². The van der Waals surface area contributed by atoms with Gasteiger partial charge in [-0.3, -0.25) is 9.80 Å². The van der Waals surface area contributed by atoms with E-state index in [0.717, 1.165) is 11.3 Å². The van der Waals surface area contributed by atoms with E-state index in [0.29, 0.717) is 40.1 Å². The van der Waals surface area contributed by atoms with Gasteiger partial charge in [0.2, 0.25) is 0 Å². The number of aromatic nitrogens is 1. The fourth-order valence-corrected chi connectivity index (χ4v) is 4.40. The SMILES string of the molecule is COc1ccc(C2CC(c3c(O)c4ccccc4[nH]c3=O)=NN2c2ccc(C#N)cc2)cc1OC. The zero-order valence-corrected chi connectivity index (χ0v) is 19.1. The van der Waals surface area contributed by atoms with Crippen molar-refractivity contribution in [1.29, 1.82) is 5.26 Å². The second-order valence-electron chi connectivity index (χ2n) is 8.11. The molecule has 1 aromatic heterocycles. The Morgan fingerprint density at radius 2 is 1.80 bits per heavy atom. The molecule has 0 spiro atoms. The van der Waals surface area contributed by atoms with Gasteiger partial charge in [0.25, 0.3) is 5.56 Å². The highest BCUT2D eigenvalue weighted by atomic mass is 16.5. The molecular formula is C27H22N4O4. The number of benzene rings is 3. The Bertz CT molecular complexity index is 1550. The molecule has 0 radical (unpaired) electrons. The van der Waals surface area contributed by atoms with Crippen molar-refractivity contribution in [3.8, 4) is 23.3 Å². The number of fused-ring (bicyclic) bond motifs is 1. The number of aromatic amines is 1. The van der Waals surface area contributed by atoms with Crippen molar-refractivity contribution in [2.45, 2.75) is 12.5 Å². The number of pyridine rings is 1. The third-order valence-electron chi connectivity index (χ3n) is 6.15. The minimum Gasteiger partial charge on any atom is -0.506 e. The largest absolute Gasteiger partial charge is 0.506 e. The normalized spacial score (nSPS) is 15.1. The highest BCUT2D eigenvalue weighted by Gasteiger charge is 2.33. The van der Waals surface area contributed by atoms with Gasteiger partial charge in [0.15, 0.2) is 11.5 Å². The highest BCUT2D eigenvalue weighted by molar-refractivity contribution is 6.08. The molecule has 1 aliphatic rings. The number of hydrazone groups is 1. The Morgan fingerprint density at radius 3 is 2.51 bits per heavy atom. The molecule has 8 nitrogen and oxygen atoms in total. The van der Waals surface area contributed by atoms with Crippen molar-refractivity contribution >= 4 is 22.3 Å². The molecule has 2 heterocycles. The second kappa shape index (κ2) is 8.88. The smallest absolute Gasteiger partial charge is 0.261 e. The lowest BCUT2D eigenvalue weighted by atomic mass is 9.97. The number of para-hydroxylation sites is 1. The van der Waals surface area contributed by atoms with Crippen LogP contribution >= 0.6 is 0 Å². The number of nitrogens with zero attached hydrogens (tertiary/aromatic N) is 3. The Hall–Kier alpha value is -4.77. The minimum atomic E-state index is -0.410. The van der Waals surface area contributed by atoms with Crippen molar-refractivity contribution in [2.75, 3.05) is 19.2 Å². The molecule has 3 aromatic carbocycles. The number of nitrogens with one attached hydrogen (secondary N) is 1. The van der Waals surface area contributed by atoms with Crippen molar-refractivity contribution in [2.24, 2.45) is 5.10 Å². The van der Waals surface area contributed by atoms with Gasteiger partial charge < -0.3 is 19.6 Å².